The minimum Gasteiger partial charge on any atom is -0.497 e. The van der Waals surface area contributed by atoms with E-state index in [-0.39, 0.29) is 5.75 Å². The van der Waals surface area contributed by atoms with Gasteiger partial charge in [-0.1, -0.05) is 26.7 Å². The molecule has 2 rings (SSSR count). The summed E-state index contributed by atoms with van der Waals surface area (Å²) in [6.07, 6.45) is 4.52. The Morgan fingerprint density at radius 3 is 2.48 bits per heavy atom. The molecule has 1 aliphatic heterocycles. The number of nitrogens with zero attached hydrogens (tertiary/aromatic N) is 2. The summed E-state index contributed by atoms with van der Waals surface area (Å²) >= 11 is 1.72. The number of fused-ring (bicyclic) bond motifs is 1. The maximum atomic E-state index is 13.0. The molecule has 0 atom stereocenters. The molecule has 1 aromatic carbocycles. The number of rotatable bonds is 11. The van der Waals surface area contributed by atoms with Crippen molar-refractivity contribution in [3.05, 3.63) is 23.8 Å². The van der Waals surface area contributed by atoms with Crippen LogP contribution in [0.4, 0.5) is 0 Å². The number of methoxy groups -OCH3 is 1. The predicted molar refractivity (Wildman–Crippen MR) is 114 cm³/mol. The number of ether oxygens (including phenoxy) is 1. The van der Waals surface area contributed by atoms with Crippen molar-refractivity contribution < 1.29 is 13.2 Å². The zero-order valence-corrected chi connectivity index (χ0v) is 18.6. The van der Waals surface area contributed by atoms with Crippen LogP contribution in [0.3, 0.4) is 0 Å². The number of thioether (sulfide) groups is 1. The average Bonchev–Trinajstić information content (AvgIpc) is 2.89. The smallest absolute Gasteiger partial charge is 0.215 e. The Morgan fingerprint density at radius 1 is 1.15 bits per heavy atom. The van der Waals surface area contributed by atoms with Gasteiger partial charge in [-0.3, -0.25) is 0 Å². The SMILES string of the molecule is CCCCN(CCCC)CCS(=O)(=O)N1CCSc2ccc(OC)cc2C1. The van der Waals surface area contributed by atoms with Gasteiger partial charge in [-0.05, 0) is 49.7 Å². The highest BCUT2D eigenvalue weighted by Gasteiger charge is 2.26. The molecule has 0 spiro atoms. The normalized spacial score (nSPS) is 15.6. The van der Waals surface area contributed by atoms with E-state index >= 15 is 0 Å². The first-order chi connectivity index (χ1) is 13.0. The lowest BCUT2D eigenvalue weighted by molar-refractivity contribution is 0.277. The molecule has 7 heteroatoms. The average molecular weight is 415 g/mol. The molecule has 0 saturated heterocycles. The molecule has 1 aromatic rings. The zero-order valence-electron chi connectivity index (χ0n) is 16.9. The molecule has 0 bridgehead atoms. The molecule has 0 unspecified atom stereocenters. The van der Waals surface area contributed by atoms with E-state index in [9.17, 15) is 8.42 Å². The Hall–Kier alpha value is -0.760. The Balaban J connectivity index is 2.03. The highest BCUT2D eigenvalue weighted by molar-refractivity contribution is 7.99. The van der Waals surface area contributed by atoms with Gasteiger partial charge in [0.25, 0.3) is 0 Å². The minimum atomic E-state index is -3.28. The van der Waals surface area contributed by atoms with Gasteiger partial charge in [-0.2, -0.15) is 4.31 Å². The van der Waals surface area contributed by atoms with Crippen molar-refractivity contribution in [3.63, 3.8) is 0 Å². The van der Waals surface area contributed by atoms with Crippen LogP contribution in [-0.4, -0.2) is 62.4 Å². The van der Waals surface area contributed by atoms with Crippen LogP contribution >= 0.6 is 11.8 Å². The summed E-state index contributed by atoms with van der Waals surface area (Å²) in [5, 5.41) is 0. The van der Waals surface area contributed by atoms with E-state index in [1.165, 1.54) is 0 Å². The van der Waals surface area contributed by atoms with E-state index in [4.69, 9.17) is 4.74 Å². The van der Waals surface area contributed by atoms with E-state index in [0.717, 1.165) is 60.7 Å². The highest BCUT2D eigenvalue weighted by Crippen LogP contribution is 2.31. The Kier molecular flexibility index (Phi) is 9.42. The quantitative estimate of drug-likeness (QED) is 0.551. The van der Waals surface area contributed by atoms with E-state index in [0.29, 0.717) is 19.6 Å². The van der Waals surface area contributed by atoms with Crippen molar-refractivity contribution in [3.8, 4) is 5.75 Å². The van der Waals surface area contributed by atoms with E-state index in [2.05, 4.69) is 18.7 Å². The summed E-state index contributed by atoms with van der Waals surface area (Å²) < 4.78 is 33.0. The van der Waals surface area contributed by atoms with Crippen LogP contribution in [0.15, 0.2) is 23.1 Å². The van der Waals surface area contributed by atoms with Crippen molar-refractivity contribution in [2.75, 3.05) is 44.8 Å². The second-order valence-electron chi connectivity index (χ2n) is 7.02. The lowest BCUT2D eigenvalue weighted by Crippen LogP contribution is -2.38. The maximum Gasteiger partial charge on any atom is 0.215 e. The Morgan fingerprint density at radius 2 is 1.85 bits per heavy atom. The fraction of sp³-hybridized carbons (Fsp3) is 0.700. The fourth-order valence-corrected chi connectivity index (χ4v) is 5.76. The lowest BCUT2D eigenvalue weighted by atomic mass is 10.2. The maximum absolute atomic E-state index is 13.0. The molecule has 0 fully saturated rings. The Labute approximate surface area is 169 Å². The zero-order chi connectivity index (χ0) is 19.7. The summed E-state index contributed by atoms with van der Waals surface area (Å²) in [7, 11) is -1.64. The molecule has 154 valence electrons. The van der Waals surface area contributed by atoms with Gasteiger partial charge in [0, 0.05) is 30.3 Å². The fourth-order valence-electron chi connectivity index (χ4n) is 3.18. The molecule has 5 nitrogen and oxygen atoms in total. The third kappa shape index (κ3) is 6.97. The van der Waals surface area contributed by atoms with Crippen molar-refractivity contribution in [1.29, 1.82) is 0 Å². The first kappa shape index (κ1) is 22.5. The minimum absolute atomic E-state index is 0.199. The van der Waals surface area contributed by atoms with Gasteiger partial charge < -0.3 is 9.64 Å². The van der Waals surface area contributed by atoms with Crippen LogP contribution in [0.2, 0.25) is 0 Å². The van der Waals surface area contributed by atoms with Gasteiger partial charge in [-0.25, -0.2) is 8.42 Å². The largest absolute Gasteiger partial charge is 0.497 e. The summed E-state index contributed by atoms with van der Waals surface area (Å²) in [6, 6.07) is 5.94. The number of benzene rings is 1. The number of hydrogen-bond acceptors (Lipinski definition) is 5. The van der Waals surface area contributed by atoms with Crippen LogP contribution in [0.25, 0.3) is 0 Å². The van der Waals surface area contributed by atoms with Crippen molar-refractivity contribution in [1.82, 2.24) is 9.21 Å². The van der Waals surface area contributed by atoms with E-state index in [1.807, 2.05) is 18.2 Å². The van der Waals surface area contributed by atoms with E-state index < -0.39 is 10.0 Å². The summed E-state index contributed by atoms with van der Waals surface area (Å²) in [6.45, 7) is 7.95. The molecule has 0 radical (unpaired) electrons. The lowest BCUT2D eigenvalue weighted by Gasteiger charge is -2.25. The number of hydrogen-bond donors (Lipinski definition) is 0. The van der Waals surface area contributed by atoms with Crippen LogP contribution < -0.4 is 4.74 Å². The Bertz CT molecular complexity index is 672. The molecule has 0 saturated carbocycles. The molecule has 0 aliphatic carbocycles. The van der Waals surface area contributed by atoms with Crippen molar-refractivity contribution in [2.24, 2.45) is 0 Å². The molecule has 0 N–H and O–H groups in total. The van der Waals surface area contributed by atoms with Crippen LogP contribution in [-0.2, 0) is 16.6 Å². The molecular formula is C20H34N2O3S2. The van der Waals surface area contributed by atoms with Crippen LogP contribution in [0.5, 0.6) is 5.75 Å². The van der Waals surface area contributed by atoms with Gasteiger partial charge in [0.2, 0.25) is 10.0 Å². The summed E-state index contributed by atoms with van der Waals surface area (Å²) in [5.41, 5.74) is 1.04. The van der Waals surface area contributed by atoms with Crippen molar-refractivity contribution >= 4 is 21.8 Å². The van der Waals surface area contributed by atoms with E-state index in [1.54, 1.807) is 23.2 Å². The standard InChI is InChI=1S/C20H34N2O3S2/c1-4-6-10-21(11-7-5-2)13-15-27(23,24)22-12-14-26-20-9-8-19(25-3)16-18(20)17-22/h8-9,16H,4-7,10-15,17H2,1-3H3. The molecule has 27 heavy (non-hydrogen) atoms. The predicted octanol–water partition coefficient (Wildman–Crippen LogP) is 3.83. The third-order valence-electron chi connectivity index (χ3n) is 4.93. The molecule has 0 amide bonds. The molecule has 1 aliphatic rings. The monoisotopic (exact) mass is 414 g/mol. The first-order valence-electron chi connectivity index (χ1n) is 10.00. The van der Waals surface area contributed by atoms with Gasteiger partial charge in [0.15, 0.2) is 0 Å². The second kappa shape index (κ2) is 11.3. The van der Waals surface area contributed by atoms with Crippen molar-refractivity contribution in [2.45, 2.75) is 51.0 Å². The van der Waals surface area contributed by atoms with Gasteiger partial charge >= 0.3 is 0 Å². The summed E-state index contributed by atoms with van der Waals surface area (Å²) in [5.74, 6) is 1.76. The van der Waals surface area contributed by atoms with Crippen LogP contribution in [0, 0.1) is 0 Å². The van der Waals surface area contributed by atoms with Crippen LogP contribution in [0.1, 0.15) is 45.1 Å². The number of sulfonamides is 1. The third-order valence-corrected chi connectivity index (χ3v) is 7.82. The molecule has 0 aromatic heterocycles. The second-order valence-corrected chi connectivity index (χ2v) is 10.2. The molecular weight excluding hydrogens is 380 g/mol. The highest BCUT2D eigenvalue weighted by atomic mass is 32.2. The summed E-state index contributed by atoms with van der Waals surface area (Å²) in [4.78, 5) is 3.47. The van der Waals surface area contributed by atoms with Gasteiger partial charge in [0.05, 0.1) is 12.9 Å². The molecule has 1 heterocycles. The first-order valence-corrected chi connectivity index (χ1v) is 12.6. The topological polar surface area (TPSA) is 49.9 Å². The van der Waals surface area contributed by atoms with Gasteiger partial charge in [-0.15, -0.1) is 11.8 Å². The number of unbranched alkanes of at least 4 members (excludes halogenated alkanes) is 2. The van der Waals surface area contributed by atoms with Gasteiger partial charge in [0.1, 0.15) is 5.75 Å².